The molecule has 1 aromatic carbocycles. The normalized spacial score (nSPS) is 19.6. The molecule has 8 heteroatoms. The van der Waals surface area contributed by atoms with Gasteiger partial charge in [-0.05, 0) is 30.0 Å². The highest BCUT2D eigenvalue weighted by Gasteiger charge is 2.38. The summed E-state index contributed by atoms with van der Waals surface area (Å²) >= 11 is 0. The Morgan fingerprint density at radius 3 is 2.52 bits per heavy atom. The molecule has 1 fully saturated rings. The lowest BCUT2D eigenvalue weighted by Crippen LogP contribution is -2.42. The molecule has 0 bridgehead atoms. The molecule has 1 aliphatic rings. The molecule has 0 aliphatic heterocycles. The van der Waals surface area contributed by atoms with Crippen molar-refractivity contribution in [2.75, 3.05) is 6.54 Å². The largest absolute Gasteiger partial charge is 0.471 e. The van der Waals surface area contributed by atoms with Crippen LogP contribution in [0, 0.1) is 0 Å². The van der Waals surface area contributed by atoms with Crippen LogP contribution in [0.3, 0.4) is 0 Å². The van der Waals surface area contributed by atoms with Crippen molar-refractivity contribution in [3.63, 3.8) is 0 Å². The van der Waals surface area contributed by atoms with E-state index in [4.69, 9.17) is 0 Å². The zero-order valence-electron chi connectivity index (χ0n) is 14.7. The molecule has 5 nitrogen and oxygen atoms in total. The van der Waals surface area contributed by atoms with E-state index in [1.54, 1.807) is 30.4 Å². The highest BCUT2D eigenvalue weighted by molar-refractivity contribution is 5.81. The summed E-state index contributed by atoms with van der Waals surface area (Å²) in [5.74, 6) is -2.17. The summed E-state index contributed by atoms with van der Waals surface area (Å²) in [6.07, 6.45) is -0.299. The van der Waals surface area contributed by atoms with Gasteiger partial charge in [0, 0.05) is 6.54 Å². The van der Waals surface area contributed by atoms with Crippen LogP contribution in [-0.2, 0) is 4.79 Å². The number of benzene rings is 1. The zero-order valence-corrected chi connectivity index (χ0v) is 14.7. The van der Waals surface area contributed by atoms with Crippen molar-refractivity contribution < 1.29 is 33.3 Å². The maximum atomic E-state index is 12.2. The number of carbonyl (C=O) groups is 1. The fourth-order valence-electron chi connectivity index (χ4n) is 3.06. The third-order valence-electron chi connectivity index (χ3n) is 4.65. The quantitative estimate of drug-likeness (QED) is 0.604. The second-order valence-corrected chi connectivity index (χ2v) is 6.89. The number of hydrogen-bond donors (Lipinski definition) is 4. The van der Waals surface area contributed by atoms with Gasteiger partial charge < -0.3 is 20.6 Å². The van der Waals surface area contributed by atoms with Crippen LogP contribution in [0.5, 0.6) is 0 Å². The van der Waals surface area contributed by atoms with Gasteiger partial charge in [0.05, 0.1) is 5.60 Å². The summed E-state index contributed by atoms with van der Waals surface area (Å²) in [4.78, 5) is 10.8. The Labute approximate surface area is 155 Å². The minimum absolute atomic E-state index is 0.293. The third kappa shape index (κ3) is 6.34. The van der Waals surface area contributed by atoms with Crippen molar-refractivity contribution in [2.24, 2.45) is 0 Å². The average Bonchev–Trinajstić information content (AvgIpc) is 2.63. The Hall–Kier alpha value is -1.90. The summed E-state index contributed by atoms with van der Waals surface area (Å²) in [5.41, 5.74) is 0.118. The van der Waals surface area contributed by atoms with Gasteiger partial charge in [-0.1, -0.05) is 49.6 Å². The molecule has 0 radical (unpaired) electrons. The predicted octanol–water partition coefficient (Wildman–Crippen LogP) is 2.47. The fourth-order valence-corrected chi connectivity index (χ4v) is 3.06. The minimum atomic E-state index is -5.05. The number of alkyl halides is 3. The van der Waals surface area contributed by atoms with Crippen LogP contribution in [-0.4, -0.2) is 45.7 Å². The molecule has 0 saturated heterocycles. The summed E-state index contributed by atoms with van der Waals surface area (Å²) in [7, 11) is 0. The number of aliphatic hydroxyl groups is 3. The zero-order chi connectivity index (χ0) is 20.1. The molecule has 2 atom stereocenters. The topological polar surface area (TPSA) is 89.8 Å². The Morgan fingerprint density at radius 1 is 1.22 bits per heavy atom. The molecule has 1 aliphatic carbocycles. The van der Waals surface area contributed by atoms with Gasteiger partial charge in [0.15, 0.2) is 0 Å². The first-order valence-corrected chi connectivity index (χ1v) is 8.83. The molecule has 1 amide bonds. The van der Waals surface area contributed by atoms with Crippen LogP contribution in [0.1, 0.15) is 49.3 Å². The van der Waals surface area contributed by atoms with Gasteiger partial charge in [-0.2, -0.15) is 13.2 Å². The number of amides is 1. The minimum Gasteiger partial charge on any atom is -0.388 e. The lowest BCUT2D eigenvalue weighted by molar-refractivity contribution is -0.174. The monoisotopic (exact) mass is 387 g/mol. The molecule has 2 rings (SSSR count). The Balaban J connectivity index is 1.99. The molecule has 1 aromatic rings. The van der Waals surface area contributed by atoms with E-state index in [1.807, 2.05) is 0 Å². The van der Waals surface area contributed by atoms with Crippen LogP contribution in [0.4, 0.5) is 13.2 Å². The molecule has 4 N–H and O–H groups in total. The molecular formula is C19H24F3NO4. The van der Waals surface area contributed by atoms with Crippen LogP contribution in [0.2, 0.25) is 0 Å². The average molecular weight is 387 g/mol. The van der Waals surface area contributed by atoms with Crippen LogP contribution >= 0.6 is 0 Å². The third-order valence-corrected chi connectivity index (χ3v) is 4.65. The van der Waals surface area contributed by atoms with Gasteiger partial charge in [0.25, 0.3) is 0 Å². The van der Waals surface area contributed by atoms with Crippen molar-refractivity contribution >= 4 is 12.0 Å². The van der Waals surface area contributed by atoms with E-state index >= 15 is 0 Å². The first-order chi connectivity index (χ1) is 12.6. The molecule has 1 saturated carbocycles. The van der Waals surface area contributed by atoms with Gasteiger partial charge in [-0.25, -0.2) is 0 Å². The predicted molar refractivity (Wildman–Crippen MR) is 93.5 cm³/mol. The molecule has 27 heavy (non-hydrogen) atoms. The molecule has 0 spiro atoms. The van der Waals surface area contributed by atoms with Crippen molar-refractivity contribution in [1.82, 2.24) is 5.32 Å². The maximum absolute atomic E-state index is 12.2. The number of halogens is 3. The highest BCUT2D eigenvalue weighted by atomic mass is 19.4. The van der Waals surface area contributed by atoms with Crippen LogP contribution < -0.4 is 5.32 Å². The molecule has 150 valence electrons. The van der Waals surface area contributed by atoms with Gasteiger partial charge >= 0.3 is 12.1 Å². The number of rotatable bonds is 6. The van der Waals surface area contributed by atoms with Crippen molar-refractivity contribution in [1.29, 1.82) is 0 Å². The van der Waals surface area contributed by atoms with Crippen molar-refractivity contribution in [2.45, 2.75) is 56.1 Å². The molecule has 0 heterocycles. The first kappa shape index (κ1) is 21.4. The van der Waals surface area contributed by atoms with Gasteiger partial charge in [0.2, 0.25) is 0 Å². The number of hydrogen-bond acceptors (Lipinski definition) is 4. The molecule has 0 aromatic heterocycles. The van der Waals surface area contributed by atoms with Crippen LogP contribution in [0.25, 0.3) is 6.08 Å². The maximum Gasteiger partial charge on any atom is 0.471 e. The fraction of sp³-hybridized carbons (Fsp3) is 0.526. The Bertz CT molecular complexity index is 669. The van der Waals surface area contributed by atoms with E-state index in [-0.39, 0.29) is 0 Å². The van der Waals surface area contributed by atoms with Gasteiger partial charge in [-0.3, -0.25) is 4.79 Å². The first-order valence-electron chi connectivity index (χ1n) is 8.83. The highest BCUT2D eigenvalue weighted by Crippen LogP contribution is 2.30. The van der Waals surface area contributed by atoms with E-state index in [9.17, 15) is 33.3 Å². The van der Waals surface area contributed by atoms with E-state index in [1.165, 1.54) is 11.4 Å². The lowest BCUT2D eigenvalue weighted by atomic mass is 9.84. The van der Waals surface area contributed by atoms with E-state index in [0.717, 1.165) is 19.3 Å². The van der Waals surface area contributed by atoms with Crippen molar-refractivity contribution in [3.8, 4) is 0 Å². The second-order valence-electron chi connectivity index (χ2n) is 6.89. The summed E-state index contributed by atoms with van der Waals surface area (Å²) in [6, 6.07) is 6.47. The van der Waals surface area contributed by atoms with Gasteiger partial charge in [0.1, 0.15) is 12.2 Å². The summed E-state index contributed by atoms with van der Waals surface area (Å²) in [6.45, 7) is -0.737. The smallest absolute Gasteiger partial charge is 0.388 e. The molecule has 0 unspecified atom stereocenters. The summed E-state index contributed by atoms with van der Waals surface area (Å²) < 4.78 is 36.5. The number of carbonyl (C=O) groups excluding carboxylic acids is 1. The van der Waals surface area contributed by atoms with Gasteiger partial charge in [-0.15, -0.1) is 0 Å². The van der Waals surface area contributed by atoms with E-state index in [2.05, 4.69) is 0 Å². The summed E-state index contributed by atoms with van der Waals surface area (Å²) in [5, 5.41) is 32.0. The van der Waals surface area contributed by atoms with Crippen molar-refractivity contribution in [3.05, 3.63) is 41.5 Å². The lowest BCUT2D eigenvalue weighted by Gasteiger charge is -2.28. The molecular weight excluding hydrogens is 363 g/mol. The van der Waals surface area contributed by atoms with E-state index in [0.29, 0.717) is 24.0 Å². The Morgan fingerprint density at radius 2 is 1.89 bits per heavy atom. The SMILES string of the molecule is O=C(NC[C@@H](O)[C@H](O)c1cccc(/C=C/C2(O)CCCCC2)c1)C(F)(F)F. The van der Waals surface area contributed by atoms with E-state index < -0.39 is 36.4 Å². The Kier molecular flexibility index (Phi) is 7.02. The standard InChI is InChI=1S/C19H24F3NO4/c20-19(21,22)17(26)23-12-15(24)16(25)14-6-4-5-13(11-14)7-10-18(27)8-2-1-3-9-18/h4-7,10-11,15-16,24-25,27H,1-3,8-9,12H2,(H,23,26)/b10-7+/t15-,16-/m1/s1. The number of nitrogens with one attached hydrogen (secondary N) is 1. The van der Waals surface area contributed by atoms with Crippen LogP contribution in [0.15, 0.2) is 30.3 Å². The number of aliphatic hydroxyl groups excluding tert-OH is 2. The second kappa shape index (κ2) is 8.86.